The van der Waals surface area contributed by atoms with E-state index in [1.807, 2.05) is 0 Å². The van der Waals surface area contributed by atoms with Crippen molar-refractivity contribution in [3.05, 3.63) is 52.5 Å². The number of rotatable bonds is 6. The van der Waals surface area contributed by atoms with Crippen molar-refractivity contribution in [1.29, 1.82) is 0 Å². The Hall–Kier alpha value is -2.84. The monoisotopic (exact) mass is 393 g/mol. The average molecular weight is 394 g/mol. The number of nitrogens with two attached hydrogens (primary N) is 1. The van der Waals surface area contributed by atoms with Crippen molar-refractivity contribution >= 4 is 41.1 Å². The number of methoxy groups -OCH3 is 2. The van der Waals surface area contributed by atoms with Crippen molar-refractivity contribution in [2.24, 2.45) is 10.8 Å². The van der Waals surface area contributed by atoms with E-state index in [1.165, 1.54) is 13.3 Å². The predicted molar refractivity (Wildman–Crippen MR) is 103 cm³/mol. The van der Waals surface area contributed by atoms with Crippen LogP contribution in [0.4, 0.5) is 0 Å². The Morgan fingerprint density at radius 1 is 1.23 bits per heavy atom. The lowest BCUT2D eigenvalue weighted by Gasteiger charge is -2.12. The van der Waals surface area contributed by atoms with E-state index in [2.05, 4.69) is 22.7 Å². The van der Waals surface area contributed by atoms with Crippen LogP contribution in [0.3, 0.4) is 0 Å². The van der Waals surface area contributed by atoms with Crippen LogP contribution < -0.4 is 25.4 Å². The highest BCUT2D eigenvalue weighted by Gasteiger charge is 2.17. The fourth-order valence-corrected chi connectivity index (χ4v) is 2.27. The first kappa shape index (κ1) is 19.5. The Bertz CT molecular complexity index is 841. The Morgan fingerprint density at radius 2 is 1.92 bits per heavy atom. The highest BCUT2D eigenvalue weighted by Crippen LogP contribution is 2.36. The largest absolute Gasteiger partial charge is 0.497 e. The maximum atomic E-state index is 12.3. The van der Waals surface area contributed by atoms with Crippen molar-refractivity contribution in [3.63, 3.8) is 0 Å². The molecule has 0 atom stereocenters. The van der Waals surface area contributed by atoms with E-state index in [0.717, 1.165) is 0 Å². The van der Waals surface area contributed by atoms with Crippen LogP contribution >= 0.6 is 23.8 Å². The van der Waals surface area contributed by atoms with Gasteiger partial charge in [-0.3, -0.25) is 5.43 Å². The molecule has 0 bridgehead atoms. The summed E-state index contributed by atoms with van der Waals surface area (Å²) in [6, 6.07) is 9.65. The number of carbonyl (C=O) groups excluding carboxylic acids is 1. The minimum atomic E-state index is -0.579. The summed E-state index contributed by atoms with van der Waals surface area (Å²) in [5.74, 6) is 0.432. The van der Waals surface area contributed by atoms with E-state index in [4.69, 9.17) is 31.5 Å². The molecule has 0 aliphatic rings. The molecule has 3 N–H and O–H groups in total. The zero-order valence-corrected chi connectivity index (χ0v) is 15.6. The van der Waals surface area contributed by atoms with Crippen LogP contribution in [0.5, 0.6) is 17.2 Å². The average Bonchev–Trinajstić information content (AvgIpc) is 2.63. The van der Waals surface area contributed by atoms with E-state index in [1.54, 1.807) is 43.5 Å². The van der Waals surface area contributed by atoms with E-state index in [-0.39, 0.29) is 21.6 Å². The van der Waals surface area contributed by atoms with Gasteiger partial charge in [-0.1, -0.05) is 11.6 Å². The second-order valence-electron chi connectivity index (χ2n) is 4.89. The van der Waals surface area contributed by atoms with Gasteiger partial charge in [-0.2, -0.15) is 5.10 Å². The van der Waals surface area contributed by atoms with Crippen LogP contribution in [0.25, 0.3) is 0 Å². The molecule has 0 amide bonds. The quantitative estimate of drug-likeness (QED) is 0.256. The van der Waals surface area contributed by atoms with Gasteiger partial charge in [0.2, 0.25) is 0 Å². The SMILES string of the molecule is COc1ccc(C(=O)Oc2c(Cl)cc(C=NNC(N)=S)cc2OC)cc1. The lowest BCUT2D eigenvalue weighted by atomic mass is 10.2. The summed E-state index contributed by atoms with van der Waals surface area (Å²) >= 11 is 10.9. The third kappa shape index (κ3) is 5.08. The molecule has 9 heteroatoms. The molecule has 0 radical (unpaired) electrons. The summed E-state index contributed by atoms with van der Waals surface area (Å²) in [5.41, 5.74) is 8.65. The van der Waals surface area contributed by atoms with Gasteiger partial charge >= 0.3 is 5.97 Å². The van der Waals surface area contributed by atoms with Crippen LogP contribution in [-0.4, -0.2) is 31.5 Å². The number of hydrogen-bond donors (Lipinski definition) is 2. The minimum absolute atomic E-state index is 0.0318. The molecule has 0 spiro atoms. The molecule has 0 aliphatic heterocycles. The van der Waals surface area contributed by atoms with Crippen LogP contribution in [-0.2, 0) is 0 Å². The Labute approximate surface area is 160 Å². The van der Waals surface area contributed by atoms with Gasteiger partial charge < -0.3 is 19.9 Å². The molecule has 0 saturated carbocycles. The van der Waals surface area contributed by atoms with Crippen LogP contribution in [0.15, 0.2) is 41.5 Å². The van der Waals surface area contributed by atoms with Crippen molar-refractivity contribution in [2.75, 3.05) is 14.2 Å². The first-order chi connectivity index (χ1) is 12.4. The van der Waals surface area contributed by atoms with Crippen molar-refractivity contribution in [1.82, 2.24) is 5.43 Å². The molecule has 2 aromatic carbocycles. The molecule has 136 valence electrons. The third-order valence-corrected chi connectivity index (χ3v) is 3.53. The fraction of sp³-hybridized carbons (Fsp3) is 0.118. The summed E-state index contributed by atoms with van der Waals surface area (Å²) in [5, 5.41) is 4.05. The van der Waals surface area contributed by atoms with Gasteiger partial charge in [0.25, 0.3) is 0 Å². The maximum absolute atomic E-state index is 12.3. The molecule has 2 rings (SSSR count). The van der Waals surface area contributed by atoms with E-state index in [0.29, 0.717) is 16.9 Å². The smallest absolute Gasteiger partial charge is 0.343 e. The standard InChI is InChI=1S/C17H16ClN3O4S/c1-23-12-5-3-11(4-6-12)16(22)25-15-13(18)7-10(8-14(15)24-2)9-20-21-17(19)26/h3-9H,1-2H3,(H3,19,21,26). The number of hydrogen-bond acceptors (Lipinski definition) is 6. The van der Waals surface area contributed by atoms with E-state index >= 15 is 0 Å². The van der Waals surface area contributed by atoms with Crippen LogP contribution in [0.2, 0.25) is 5.02 Å². The highest BCUT2D eigenvalue weighted by molar-refractivity contribution is 7.80. The zero-order chi connectivity index (χ0) is 19.1. The number of esters is 1. The molecule has 0 aromatic heterocycles. The molecule has 0 saturated heterocycles. The van der Waals surface area contributed by atoms with Crippen LogP contribution in [0.1, 0.15) is 15.9 Å². The van der Waals surface area contributed by atoms with Crippen LogP contribution in [0, 0.1) is 0 Å². The number of nitrogens with zero attached hydrogens (tertiary/aromatic N) is 1. The predicted octanol–water partition coefficient (Wildman–Crippen LogP) is 2.74. The molecular formula is C17H16ClN3O4S. The molecule has 2 aromatic rings. The van der Waals surface area contributed by atoms with E-state index in [9.17, 15) is 4.79 Å². The van der Waals surface area contributed by atoms with Crippen molar-refractivity contribution < 1.29 is 19.0 Å². The van der Waals surface area contributed by atoms with Gasteiger partial charge in [-0.15, -0.1) is 0 Å². The zero-order valence-electron chi connectivity index (χ0n) is 14.0. The molecule has 0 aliphatic carbocycles. The number of hydrazone groups is 1. The summed E-state index contributed by atoms with van der Waals surface area (Å²) in [7, 11) is 2.98. The number of benzene rings is 2. The van der Waals surface area contributed by atoms with E-state index < -0.39 is 5.97 Å². The fourth-order valence-electron chi connectivity index (χ4n) is 1.96. The van der Waals surface area contributed by atoms with Crippen molar-refractivity contribution in [3.8, 4) is 17.2 Å². The molecule has 26 heavy (non-hydrogen) atoms. The Balaban J connectivity index is 2.23. The molecule has 0 unspecified atom stereocenters. The molecule has 7 nitrogen and oxygen atoms in total. The summed E-state index contributed by atoms with van der Waals surface area (Å²) in [6.45, 7) is 0. The molecule has 0 fully saturated rings. The number of nitrogens with one attached hydrogen (secondary N) is 1. The normalized spacial score (nSPS) is 10.4. The number of halogens is 1. The summed E-state index contributed by atoms with van der Waals surface area (Å²) in [4.78, 5) is 12.3. The lowest BCUT2D eigenvalue weighted by molar-refractivity contribution is 0.0730. The topological polar surface area (TPSA) is 95.2 Å². The highest BCUT2D eigenvalue weighted by atomic mass is 35.5. The van der Waals surface area contributed by atoms with Gasteiger partial charge in [0, 0.05) is 0 Å². The first-order valence-electron chi connectivity index (χ1n) is 7.27. The Kier molecular flexibility index (Phi) is 6.76. The second kappa shape index (κ2) is 9.02. The maximum Gasteiger partial charge on any atom is 0.343 e. The summed E-state index contributed by atoms with van der Waals surface area (Å²) in [6.07, 6.45) is 1.45. The van der Waals surface area contributed by atoms with Gasteiger partial charge in [0.05, 0.1) is 31.0 Å². The summed E-state index contributed by atoms with van der Waals surface area (Å²) < 4.78 is 15.7. The second-order valence-corrected chi connectivity index (χ2v) is 5.73. The molecule has 0 heterocycles. The van der Waals surface area contributed by atoms with Crippen molar-refractivity contribution in [2.45, 2.75) is 0 Å². The third-order valence-electron chi connectivity index (χ3n) is 3.16. The van der Waals surface area contributed by atoms with Gasteiger partial charge in [0.1, 0.15) is 5.75 Å². The first-order valence-corrected chi connectivity index (χ1v) is 8.05. The number of carbonyl (C=O) groups is 1. The lowest BCUT2D eigenvalue weighted by Crippen LogP contribution is -2.24. The Morgan fingerprint density at radius 3 is 2.50 bits per heavy atom. The molecular weight excluding hydrogens is 378 g/mol. The van der Waals surface area contributed by atoms with Gasteiger partial charge in [-0.05, 0) is 54.2 Å². The minimum Gasteiger partial charge on any atom is -0.497 e. The number of thiocarbonyl (C=S) groups is 1. The van der Waals surface area contributed by atoms with Gasteiger partial charge in [0.15, 0.2) is 16.6 Å². The number of ether oxygens (including phenoxy) is 3. The van der Waals surface area contributed by atoms with Gasteiger partial charge in [-0.25, -0.2) is 4.79 Å².